The van der Waals surface area contributed by atoms with Crippen molar-refractivity contribution in [1.29, 1.82) is 0 Å². The molecule has 0 unspecified atom stereocenters. The maximum Gasteiger partial charge on any atom is 0.139 e. The number of anilines is 1. The van der Waals surface area contributed by atoms with Gasteiger partial charge in [0.1, 0.15) is 5.82 Å². The van der Waals surface area contributed by atoms with Gasteiger partial charge in [0.2, 0.25) is 0 Å². The zero-order valence-corrected chi connectivity index (χ0v) is 11.0. The predicted octanol–water partition coefficient (Wildman–Crippen LogP) is 1.98. The van der Waals surface area contributed by atoms with E-state index in [1.807, 2.05) is 36.0 Å². The zero-order valence-electron chi connectivity index (χ0n) is 11.0. The SMILES string of the molecule is Cn1ccnc1-c1cc(N)ccc1CC(C)(C)O. The summed E-state index contributed by atoms with van der Waals surface area (Å²) in [5, 5.41) is 9.97. The molecule has 0 amide bonds. The Morgan fingerprint density at radius 3 is 2.67 bits per heavy atom. The maximum atomic E-state index is 9.97. The number of imidazole rings is 1. The Hall–Kier alpha value is -1.81. The van der Waals surface area contributed by atoms with Crippen LogP contribution in [-0.2, 0) is 13.5 Å². The molecule has 2 rings (SSSR count). The summed E-state index contributed by atoms with van der Waals surface area (Å²) in [5.74, 6) is 0.863. The molecule has 0 spiro atoms. The second kappa shape index (κ2) is 4.46. The van der Waals surface area contributed by atoms with E-state index in [9.17, 15) is 5.11 Å². The molecule has 3 N–H and O–H groups in total. The second-order valence-corrected chi connectivity index (χ2v) is 5.27. The Balaban J connectivity index is 2.51. The molecule has 0 bridgehead atoms. The average molecular weight is 245 g/mol. The number of nitrogens with zero attached hydrogens (tertiary/aromatic N) is 2. The van der Waals surface area contributed by atoms with Gasteiger partial charge >= 0.3 is 0 Å². The van der Waals surface area contributed by atoms with Gasteiger partial charge in [0.15, 0.2) is 0 Å². The van der Waals surface area contributed by atoms with Gasteiger partial charge in [-0.2, -0.15) is 0 Å². The van der Waals surface area contributed by atoms with Gasteiger partial charge in [0.25, 0.3) is 0 Å². The van der Waals surface area contributed by atoms with Gasteiger partial charge < -0.3 is 15.4 Å². The first-order valence-electron chi connectivity index (χ1n) is 5.95. The van der Waals surface area contributed by atoms with Crippen LogP contribution in [0.15, 0.2) is 30.6 Å². The van der Waals surface area contributed by atoms with E-state index in [0.29, 0.717) is 12.1 Å². The molecule has 0 aliphatic rings. The second-order valence-electron chi connectivity index (χ2n) is 5.27. The number of nitrogen functional groups attached to an aromatic ring is 1. The van der Waals surface area contributed by atoms with Crippen LogP contribution in [0.3, 0.4) is 0 Å². The Kier molecular flexibility index (Phi) is 3.13. The first-order valence-corrected chi connectivity index (χ1v) is 5.95. The molecule has 1 heterocycles. The van der Waals surface area contributed by atoms with Gasteiger partial charge in [-0.25, -0.2) is 4.98 Å². The molecule has 1 aromatic heterocycles. The Bertz CT molecular complexity index is 552. The lowest BCUT2D eigenvalue weighted by atomic mass is 9.94. The highest BCUT2D eigenvalue weighted by atomic mass is 16.3. The van der Waals surface area contributed by atoms with E-state index in [-0.39, 0.29) is 0 Å². The minimum Gasteiger partial charge on any atom is -0.399 e. The summed E-state index contributed by atoms with van der Waals surface area (Å²) in [4.78, 5) is 4.34. The van der Waals surface area contributed by atoms with Crippen molar-refractivity contribution in [2.45, 2.75) is 25.9 Å². The van der Waals surface area contributed by atoms with E-state index in [0.717, 1.165) is 17.0 Å². The number of aliphatic hydroxyl groups is 1. The first kappa shape index (κ1) is 12.6. The number of aromatic nitrogens is 2. The number of benzene rings is 1. The van der Waals surface area contributed by atoms with Crippen molar-refractivity contribution in [1.82, 2.24) is 9.55 Å². The fraction of sp³-hybridized carbons (Fsp3) is 0.357. The van der Waals surface area contributed by atoms with E-state index in [4.69, 9.17) is 5.73 Å². The monoisotopic (exact) mass is 245 g/mol. The number of aryl methyl sites for hydroxylation is 1. The number of hydrogen-bond acceptors (Lipinski definition) is 3. The first-order chi connectivity index (χ1) is 8.37. The quantitative estimate of drug-likeness (QED) is 0.813. The summed E-state index contributed by atoms with van der Waals surface area (Å²) in [7, 11) is 1.94. The van der Waals surface area contributed by atoms with Crippen molar-refractivity contribution in [3.8, 4) is 11.4 Å². The molecular formula is C14H19N3O. The molecule has 4 nitrogen and oxygen atoms in total. The van der Waals surface area contributed by atoms with Gasteiger partial charge in [-0.15, -0.1) is 0 Å². The lowest BCUT2D eigenvalue weighted by Gasteiger charge is -2.19. The smallest absolute Gasteiger partial charge is 0.139 e. The standard InChI is InChI=1S/C14H19N3O/c1-14(2,18)9-10-4-5-11(15)8-12(10)13-16-6-7-17(13)3/h4-8,18H,9,15H2,1-3H3. The summed E-state index contributed by atoms with van der Waals surface area (Å²) in [6.45, 7) is 3.59. The number of rotatable bonds is 3. The Morgan fingerprint density at radius 2 is 2.11 bits per heavy atom. The van der Waals surface area contributed by atoms with Crippen LogP contribution in [0, 0.1) is 0 Å². The van der Waals surface area contributed by atoms with Crippen molar-refractivity contribution in [2.75, 3.05) is 5.73 Å². The highest BCUT2D eigenvalue weighted by molar-refractivity contribution is 5.66. The van der Waals surface area contributed by atoms with Crippen LogP contribution in [0.25, 0.3) is 11.4 Å². The zero-order chi connectivity index (χ0) is 13.3. The van der Waals surface area contributed by atoms with E-state index >= 15 is 0 Å². The lowest BCUT2D eigenvalue weighted by Crippen LogP contribution is -2.22. The minimum atomic E-state index is -0.754. The van der Waals surface area contributed by atoms with Gasteiger partial charge in [-0.05, 0) is 31.5 Å². The molecule has 0 fully saturated rings. The highest BCUT2D eigenvalue weighted by Gasteiger charge is 2.18. The fourth-order valence-electron chi connectivity index (χ4n) is 2.05. The molecule has 4 heteroatoms. The van der Waals surface area contributed by atoms with E-state index in [2.05, 4.69) is 4.98 Å². The Labute approximate surface area is 107 Å². The molecule has 0 aliphatic heterocycles. The van der Waals surface area contributed by atoms with Crippen molar-refractivity contribution < 1.29 is 5.11 Å². The van der Waals surface area contributed by atoms with Crippen LogP contribution >= 0.6 is 0 Å². The summed E-state index contributed by atoms with van der Waals surface area (Å²) in [5.41, 5.74) is 7.82. The predicted molar refractivity (Wildman–Crippen MR) is 73.1 cm³/mol. The topological polar surface area (TPSA) is 64.1 Å². The van der Waals surface area contributed by atoms with Crippen LogP contribution in [-0.4, -0.2) is 20.3 Å². The summed E-state index contributed by atoms with van der Waals surface area (Å²) >= 11 is 0. The fourth-order valence-corrected chi connectivity index (χ4v) is 2.05. The molecule has 2 aromatic rings. The van der Waals surface area contributed by atoms with E-state index in [1.165, 1.54) is 0 Å². The van der Waals surface area contributed by atoms with Crippen molar-refractivity contribution in [2.24, 2.45) is 7.05 Å². The molecule has 0 saturated heterocycles. The summed E-state index contributed by atoms with van der Waals surface area (Å²) < 4.78 is 1.95. The third-order valence-corrected chi connectivity index (χ3v) is 2.82. The average Bonchev–Trinajstić information content (AvgIpc) is 2.65. The lowest BCUT2D eigenvalue weighted by molar-refractivity contribution is 0.0811. The van der Waals surface area contributed by atoms with Crippen LogP contribution in [0.1, 0.15) is 19.4 Å². The normalized spacial score (nSPS) is 11.8. The van der Waals surface area contributed by atoms with Crippen LogP contribution in [0.5, 0.6) is 0 Å². The summed E-state index contributed by atoms with van der Waals surface area (Å²) in [6.07, 6.45) is 4.22. The molecule has 0 aliphatic carbocycles. The van der Waals surface area contributed by atoms with Gasteiger partial charge in [0.05, 0.1) is 5.60 Å². The minimum absolute atomic E-state index is 0.565. The van der Waals surface area contributed by atoms with Gasteiger partial charge in [-0.3, -0.25) is 0 Å². The number of hydrogen-bond donors (Lipinski definition) is 2. The van der Waals surface area contributed by atoms with Crippen LogP contribution in [0.2, 0.25) is 0 Å². The third kappa shape index (κ3) is 2.71. The van der Waals surface area contributed by atoms with Gasteiger partial charge in [0, 0.05) is 37.1 Å². The summed E-state index contributed by atoms with van der Waals surface area (Å²) in [6, 6.07) is 5.72. The van der Waals surface area contributed by atoms with Crippen molar-refractivity contribution in [3.05, 3.63) is 36.2 Å². The molecule has 0 radical (unpaired) electrons. The van der Waals surface area contributed by atoms with E-state index < -0.39 is 5.60 Å². The van der Waals surface area contributed by atoms with E-state index in [1.54, 1.807) is 20.0 Å². The molecule has 0 saturated carbocycles. The molecule has 96 valence electrons. The molecule has 0 atom stereocenters. The van der Waals surface area contributed by atoms with Crippen LogP contribution < -0.4 is 5.73 Å². The van der Waals surface area contributed by atoms with Crippen LogP contribution in [0.4, 0.5) is 5.69 Å². The highest BCUT2D eigenvalue weighted by Crippen LogP contribution is 2.27. The van der Waals surface area contributed by atoms with Crippen molar-refractivity contribution >= 4 is 5.69 Å². The molecular weight excluding hydrogens is 226 g/mol. The molecule has 1 aromatic carbocycles. The number of nitrogens with two attached hydrogens (primary N) is 1. The Morgan fingerprint density at radius 1 is 1.39 bits per heavy atom. The van der Waals surface area contributed by atoms with Gasteiger partial charge in [-0.1, -0.05) is 6.07 Å². The van der Waals surface area contributed by atoms with Crippen molar-refractivity contribution in [3.63, 3.8) is 0 Å². The largest absolute Gasteiger partial charge is 0.399 e. The molecule has 18 heavy (non-hydrogen) atoms. The maximum absolute atomic E-state index is 9.97. The third-order valence-electron chi connectivity index (χ3n) is 2.82.